The molecule has 0 aromatic rings. The highest BCUT2D eigenvalue weighted by Crippen LogP contribution is 2.42. The van der Waals surface area contributed by atoms with Crippen LogP contribution in [0, 0.1) is 0 Å². The lowest BCUT2D eigenvalue weighted by Crippen LogP contribution is -2.70. The van der Waals surface area contributed by atoms with Crippen molar-refractivity contribution < 1.29 is 273 Å². The molecule has 63 nitrogen and oxygen atoms in total. The van der Waals surface area contributed by atoms with Gasteiger partial charge in [-0.2, -0.15) is 118 Å². The molecule has 0 saturated carbocycles. The van der Waals surface area contributed by atoms with Crippen LogP contribution >= 0.6 is 0 Å². The van der Waals surface area contributed by atoms with Gasteiger partial charge in [-0.05, 0) is 0 Å². The van der Waals surface area contributed by atoms with E-state index in [-0.39, 0.29) is 0 Å². The maximum atomic E-state index is 12.9. The monoisotopic (exact) mass is 1790 g/mol. The van der Waals surface area contributed by atoms with E-state index in [1.807, 2.05) is 0 Å². The Kier molecular flexibility index (Phi) is 29.8. The first-order valence-corrected chi connectivity index (χ1v) is 42.4. The van der Waals surface area contributed by atoms with E-state index in [9.17, 15) is 182 Å². The van der Waals surface area contributed by atoms with Crippen LogP contribution in [0.1, 0.15) is 0 Å². The second-order valence-electron chi connectivity index (χ2n) is 18.2. The van der Waals surface area contributed by atoms with E-state index in [2.05, 4.69) is 58.6 Å². The molecule has 600 valence electrons. The second kappa shape index (κ2) is 33.0. The second-order valence-corrected chi connectivity index (χ2v) is 33.1. The van der Waals surface area contributed by atoms with Crippen molar-refractivity contribution in [2.24, 2.45) is 0 Å². The van der Waals surface area contributed by atoms with Crippen LogP contribution in [-0.4, -0.2) is 331 Å². The van der Waals surface area contributed by atoms with E-state index in [0.29, 0.717) is 0 Å². The summed E-state index contributed by atoms with van der Waals surface area (Å²) in [4.78, 5) is 0. The number of hydrogen-bond donors (Lipinski definition) is 14. The molecular weight excluding hydrogens is 1750 g/mol. The minimum atomic E-state index is -6.92. The van der Waals surface area contributed by atoms with Crippen LogP contribution in [0.5, 0.6) is 0 Å². The van der Waals surface area contributed by atoms with E-state index in [1.165, 1.54) is 0 Å². The van der Waals surface area contributed by atoms with Crippen LogP contribution in [0.2, 0.25) is 0 Å². The van der Waals surface area contributed by atoms with Crippen LogP contribution in [0.4, 0.5) is 0 Å². The smallest absolute Gasteiger partial charge is 0.341 e. The summed E-state index contributed by atoms with van der Waals surface area (Å²) < 4.78 is 575. The maximum absolute atomic E-state index is 12.9. The van der Waals surface area contributed by atoms with Crippen molar-refractivity contribution in [2.45, 2.75) is 123 Å². The maximum Gasteiger partial charge on any atom is 0.399 e. The minimum Gasteiger partial charge on any atom is -0.341 e. The lowest BCUT2D eigenvalue weighted by Gasteiger charge is -2.50. The molecule has 4 fully saturated rings. The summed E-state index contributed by atoms with van der Waals surface area (Å²) in [5.74, 6) is 0. The predicted molar refractivity (Wildman–Crippen MR) is 280 cm³/mol. The highest BCUT2D eigenvalue weighted by Gasteiger charge is 2.63. The summed E-state index contributed by atoms with van der Waals surface area (Å²) >= 11 is 0. The van der Waals surface area contributed by atoms with Crippen molar-refractivity contribution >= 4 is 146 Å². The van der Waals surface area contributed by atoms with Gasteiger partial charge in [-0.1, -0.05) is 0 Å². The van der Waals surface area contributed by atoms with Gasteiger partial charge in [0, 0.05) is 0 Å². The SMILES string of the molecule is O=S(=O)(O)OC[C@H]1O[C@H](O[C@@H]2[C@H](OS(=O)(=O)O)[C@@H](O[C@@H]3C(OS(=O)(=O)O)O[C@H](COS(=O)(=O)O)[C@@H](OS(=O)(=O)O)[C@@H]3OS(=O)(=O)O)O[C@H](COS(=O)(=O)O)[C@H]2OS(=O)(=O)O)[C@@H](OS(=O)(=O)O)[C@@H](O[C@H]2O[C@H](COS(=O)(=O)O)[C@@H](OS(=O)(=O)O)[C@H](OS(=O)(=O)O)[C@@H]2OS(=O)(=O)O)[C@@H]1OS(=O)(=O)O. The third-order valence-electron chi connectivity index (χ3n) is 11.1. The average molecular weight is 1790 g/mol. The molecule has 4 aliphatic rings. The fourth-order valence-corrected chi connectivity index (χ4v) is 14.5. The fourth-order valence-electron chi connectivity index (χ4n) is 8.36. The van der Waals surface area contributed by atoms with Gasteiger partial charge in [-0.15, -0.1) is 0 Å². The van der Waals surface area contributed by atoms with Gasteiger partial charge in [-0.25, -0.2) is 58.6 Å². The summed E-state index contributed by atoms with van der Waals surface area (Å²) in [5, 5.41) is 0. The molecule has 101 heavy (non-hydrogen) atoms. The van der Waals surface area contributed by atoms with Gasteiger partial charge in [0.25, 0.3) is 0 Å². The van der Waals surface area contributed by atoms with E-state index in [4.69, 9.17) is 33.2 Å². The van der Waals surface area contributed by atoms with Crippen molar-refractivity contribution in [1.29, 1.82) is 0 Å². The van der Waals surface area contributed by atoms with E-state index in [1.54, 1.807) is 0 Å². The summed E-state index contributed by atoms with van der Waals surface area (Å²) in [6.45, 7) is -9.35. The summed E-state index contributed by atoms with van der Waals surface area (Å²) in [5.41, 5.74) is 0. The Balaban J connectivity index is 2.30. The Morgan fingerprint density at radius 2 is 0.337 bits per heavy atom. The molecule has 14 N–H and O–H groups in total. The van der Waals surface area contributed by atoms with Crippen LogP contribution < -0.4 is 0 Å². The Bertz CT molecular complexity index is 4610. The van der Waals surface area contributed by atoms with Crippen LogP contribution in [-0.2, 0) is 237 Å². The molecule has 1 unspecified atom stereocenters. The lowest BCUT2D eigenvalue weighted by molar-refractivity contribution is -0.380. The summed E-state index contributed by atoms with van der Waals surface area (Å²) in [6.07, 6.45) is -75.6. The van der Waals surface area contributed by atoms with Gasteiger partial charge in [0.2, 0.25) is 6.29 Å². The van der Waals surface area contributed by atoms with Gasteiger partial charge in [0.05, 0.1) is 26.4 Å². The molecule has 0 amide bonds. The van der Waals surface area contributed by atoms with Gasteiger partial charge in [0.15, 0.2) is 37.2 Å². The molecule has 77 heteroatoms. The number of hydrogen-bond acceptors (Lipinski definition) is 49. The average Bonchev–Trinajstić information content (AvgIpc) is 0.756. The fraction of sp³-hybridized carbons (Fsp3) is 1.00. The molecule has 4 rings (SSSR count). The van der Waals surface area contributed by atoms with Crippen molar-refractivity contribution in [3.63, 3.8) is 0 Å². The zero-order chi connectivity index (χ0) is 78.2. The van der Waals surface area contributed by atoms with Crippen molar-refractivity contribution in [3.05, 3.63) is 0 Å². The normalized spacial score (nSPS) is 32.5. The number of rotatable bonds is 38. The quantitative estimate of drug-likeness (QED) is 0.0255. The van der Waals surface area contributed by atoms with Crippen molar-refractivity contribution in [3.8, 4) is 0 Å². The Morgan fingerprint density at radius 3 is 0.545 bits per heavy atom. The first-order valence-electron chi connectivity index (χ1n) is 23.3. The van der Waals surface area contributed by atoms with E-state index in [0.717, 1.165) is 0 Å². The Morgan fingerprint density at radius 1 is 0.178 bits per heavy atom. The van der Waals surface area contributed by atoms with Crippen LogP contribution in [0.25, 0.3) is 0 Å². The third-order valence-corrected chi connectivity index (χ3v) is 17.4. The van der Waals surface area contributed by atoms with E-state index < -0.39 is 295 Å². The third kappa shape index (κ3) is 33.5. The highest BCUT2D eigenvalue weighted by molar-refractivity contribution is 7.83. The first-order chi connectivity index (χ1) is 44.7. The first kappa shape index (κ1) is 91.3. The zero-order valence-electron chi connectivity index (χ0n) is 46.4. The molecule has 20 atom stereocenters. The summed E-state index contributed by atoms with van der Waals surface area (Å²) in [6, 6.07) is 0. The van der Waals surface area contributed by atoms with Crippen molar-refractivity contribution in [1.82, 2.24) is 0 Å². The molecule has 4 aliphatic heterocycles. The van der Waals surface area contributed by atoms with Gasteiger partial charge >= 0.3 is 146 Å². The molecular formula is C24H42O63S14. The standard InChI is InChI=1S/C24H42O63S14/c25-88(26,27)67-1-5-9(78-92(37,38)39)13(76-23-20(86-100(61,62)63)16(83-97(52,53)54)12(81-95(46,47)48)7(73-23)3-69-90(31,32)33)18(84-98(55,56)57)21(71-5)75-14-10(79-93(40,41)42)6(2-68-89(28,29)30)72-22(19(14)85-99(58,59)60)77-17-15(82-96(49,50)51)11(80-94(43,44)45)8(4-70-91(34,35)36)74-24(17)87-101(64,65)66/h5-24H,1-4H2,(H,25,26,27)(H,28,29,30)(H,31,32,33)(H,34,35,36)(H,37,38,39)(H,40,41,42)(H,43,44,45)(H,46,47,48)(H,49,50,51)(H,52,53,54)(H,55,56,57)(H,58,59,60)(H,61,62,63)(H,64,65,66)/t5-,6-,7-,8-,9-,10-,11-,12-,13+,14+,15+,16+,17+,18+,19+,20+,21-,22-,23-,24?/m1/s1. The van der Waals surface area contributed by atoms with Gasteiger partial charge in [-0.3, -0.25) is 63.7 Å². The molecule has 0 radical (unpaired) electrons. The Labute approximate surface area is 564 Å². The molecule has 0 bridgehead atoms. The minimum absolute atomic E-state index is 2.17. The molecule has 0 aromatic heterocycles. The molecule has 0 aromatic carbocycles. The molecule has 4 heterocycles. The molecule has 4 saturated heterocycles. The topological polar surface area (TPSA) is 955 Å². The largest absolute Gasteiger partial charge is 0.399 e. The van der Waals surface area contributed by atoms with Crippen LogP contribution in [0.15, 0.2) is 0 Å². The highest BCUT2D eigenvalue weighted by atomic mass is 32.3. The molecule has 0 spiro atoms. The molecule has 0 aliphatic carbocycles. The van der Waals surface area contributed by atoms with Crippen LogP contribution in [0.3, 0.4) is 0 Å². The lowest BCUT2D eigenvalue weighted by atomic mass is 9.95. The van der Waals surface area contributed by atoms with E-state index >= 15 is 0 Å². The van der Waals surface area contributed by atoms with Crippen molar-refractivity contribution in [2.75, 3.05) is 26.4 Å². The predicted octanol–water partition coefficient (Wildman–Crippen LogP) is -12.2. The zero-order valence-corrected chi connectivity index (χ0v) is 57.8. The Hall–Kier alpha value is -2.10. The summed E-state index contributed by atoms with van der Waals surface area (Å²) in [7, 11) is -91.1. The van der Waals surface area contributed by atoms with Gasteiger partial charge < -0.3 is 33.2 Å². The van der Waals surface area contributed by atoms with Gasteiger partial charge in [0.1, 0.15) is 79.4 Å². The number of ether oxygens (including phenoxy) is 7.